The fourth-order valence-electron chi connectivity index (χ4n) is 2.11. The second kappa shape index (κ2) is 5.12. The number of benzene rings is 1. The predicted octanol–water partition coefficient (Wildman–Crippen LogP) is 1.74. The molecule has 2 aromatic rings. The molecule has 2 rings (SSSR count). The van der Waals surface area contributed by atoms with E-state index < -0.39 is 4.92 Å². The minimum atomic E-state index is -0.423. The molecule has 0 saturated heterocycles. The third kappa shape index (κ3) is 2.51. The summed E-state index contributed by atoms with van der Waals surface area (Å²) in [6, 6.07) is 6.41. The van der Waals surface area contributed by atoms with Crippen LogP contribution in [0.25, 0.3) is 0 Å². The van der Waals surface area contributed by atoms with Gasteiger partial charge in [0.2, 0.25) is 5.96 Å². The summed E-state index contributed by atoms with van der Waals surface area (Å²) in [5.41, 5.74) is 9.07. The van der Waals surface area contributed by atoms with Crippen molar-refractivity contribution in [3.63, 3.8) is 0 Å². The Morgan fingerprint density at radius 3 is 2.45 bits per heavy atom. The highest BCUT2D eigenvalue weighted by atomic mass is 16.6. The molecule has 0 bridgehead atoms. The third-order valence-corrected chi connectivity index (χ3v) is 3.20. The molecule has 7 nitrogen and oxygen atoms in total. The number of non-ortho nitro benzene ring substituents is 1. The van der Waals surface area contributed by atoms with Crippen LogP contribution >= 0.6 is 0 Å². The number of nitrogen functional groups attached to an aromatic ring is 1. The second-order valence-corrected chi connectivity index (χ2v) is 4.55. The first kappa shape index (κ1) is 13.7. The minimum Gasteiger partial charge on any atom is -0.368 e. The lowest BCUT2D eigenvalue weighted by Crippen LogP contribution is -2.23. The third-order valence-electron chi connectivity index (χ3n) is 3.20. The van der Waals surface area contributed by atoms with Crippen LogP contribution in [0, 0.1) is 29.4 Å². The Hall–Kier alpha value is -2.70. The number of hydrogen-bond donors (Lipinski definition) is 2. The zero-order valence-corrected chi connectivity index (χ0v) is 11.3. The molecular formula is C13H15N5O2. The number of hydrogen-bond acceptors (Lipinski definition) is 4. The Kier molecular flexibility index (Phi) is 3.51. The quantitative estimate of drug-likeness (QED) is 0.384. The topological polar surface area (TPSA) is 111 Å². The Morgan fingerprint density at radius 2 is 2.00 bits per heavy atom. The van der Waals surface area contributed by atoms with Crippen molar-refractivity contribution in [2.75, 3.05) is 0 Å². The summed E-state index contributed by atoms with van der Waals surface area (Å²) in [5.74, 6) is -0.124. The molecular weight excluding hydrogens is 258 g/mol. The Bertz CT molecular complexity index is 673. The van der Waals surface area contributed by atoms with Crippen molar-refractivity contribution in [1.82, 2.24) is 9.78 Å². The van der Waals surface area contributed by atoms with E-state index >= 15 is 0 Å². The fraction of sp³-hybridized carbons (Fsp3) is 0.231. The molecule has 104 valence electrons. The van der Waals surface area contributed by atoms with Gasteiger partial charge in [0, 0.05) is 29.8 Å². The summed E-state index contributed by atoms with van der Waals surface area (Å²) < 4.78 is 1.38. The average molecular weight is 273 g/mol. The van der Waals surface area contributed by atoms with Gasteiger partial charge in [-0.2, -0.15) is 5.10 Å². The smallest absolute Gasteiger partial charge is 0.269 e. The molecule has 3 N–H and O–H groups in total. The molecule has 0 spiro atoms. The summed E-state index contributed by atoms with van der Waals surface area (Å²) in [5, 5.41) is 22.3. The Balaban J connectivity index is 2.30. The van der Waals surface area contributed by atoms with Crippen molar-refractivity contribution in [3.05, 3.63) is 56.9 Å². The Morgan fingerprint density at radius 1 is 1.40 bits per heavy atom. The zero-order valence-electron chi connectivity index (χ0n) is 11.3. The maximum Gasteiger partial charge on any atom is 0.269 e. The van der Waals surface area contributed by atoms with Crippen molar-refractivity contribution in [3.8, 4) is 0 Å². The van der Waals surface area contributed by atoms with E-state index in [0.29, 0.717) is 6.42 Å². The maximum atomic E-state index is 10.6. The largest absolute Gasteiger partial charge is 0.368 e. The first-order valence-electron chi connectivity index (χ1n) is 6.03. The first-order chi connectivity index (χ1) is 9.40. The van der Waals surface area contributed by atoms with E-state index in [0.717, 1.165) is 22.5 Å². The van der Waals surface area contributed by atoms with Crippen LogP contribution in [0.3, 0.4) is 0 Å². The van der Waals surface area contributed by atoms with Gasteiger partial charge in [-0.05, 0) is 19.4 Å². The molecule has 0 radical (unpaired) electrons. The molecule has 1 heterocycles. The number of nitrogens with zero attached hydrogens (tertiary/aromatic N) is 3. The number of aromatic nitrogens is 2. The standard InChI is InChI=1S/C13H15N5O2/c1-8-12(9(2)17(16-8)13(14)15)7-10-3-5-11(6-4-10)18(19)20/h3-6H,7H2,1-2H3,(H3,14,15). The van der Waals surface area contributed by atoms with Crippen LogP contribution < -0.4 is 5.73 Å². The van der Waals surface area contributed by atoms with Crippen LogP contribution in [-0.2, 0) is 6.42 Å². The van der Waals surface area contributed by atoms with Crippen LogP contribution in [0.15, 0.2) is 24.3 Å². The molecule has 7 heteroatoms. The lowest BCUT2D eigenvalue weighted by molar-refractivity contribution is -0.384. The Labute approximate surface area is 115 Å². The van der Waals surface area contributed by atoms with Gasteiger partial charge in [0.25, 0.3) is 5.69 Å². The van der Waals surface area contributed by atoms with Crippen molar-refractivity contribution in [2.45, 2.75) is 20.3 Å². The summed E-state index contributed by atoms with van der Waals surface area (Å²) >= 11 is 0. The first-order valence-corrected chi connectivity index (χ1v) is 6.03. The van der Waals surface area contributed by atoms with E-state index in [9.17, 15) is 10.1 Å². The van der Waals surface area contributed by atoms with Gasteiger partial charge < -0.3 is 5.73 Å². The summed E-state index contributed by atoms with van der Waals surface area (Å²) in [7, 11) is 0. The molecule has 0 aliphatic heterocycles. The lowest BCUT2D eigenvalue weighted by Gasteiger charge is -2.03. The molecule has 0 atom stereocenters. The van der Waals surface area contributed by atoms with Crippen LogP contribution in [-0.4, -0.2) is 20.7 Å². The van der Waals surface area contributed by atoms with E-state index in [1.165, 1.54) is 16.8 Å². The van der Waals surface area contributed by atoms with Crippen molar-refractivity contribution in [1.29, 1.82) is 5.41 Å². The lowest BCUT2D eigenvalue weighted by atomic mass is 10.0. The molecule has 1 aromatic heterocycles. The molecule has 0 aliphatic rings. The number of rotatable bonds is 3. The normalized spacial score (nSPS) is 10.5. The van der Waals surface area contributed by atoms with E-state index in [-0.39, 0.29) is 11.6 Å². The molecule has 0 amide bonds. The number of aryl methyl sites for hydroxylation is 1. The number of nitrogens with one attached hydrogen (secondary N) is 1. The van der Waals surface area contributed by atoms with Crippen LogP contribution in [0.4, 0.5) is 5.69 Å². The van der Waals surface area contributed by atoms with Gasteiger partial charge in [0.05, 0.1) is 10.6 Å². The fourth-order valence-corrected chi connectivity index (χ4v) is 2.11. The summed E-state index contributed by atoms with van der Waals surface area (Å²) in [4.78, 5) is 10.2. The van der Waals surface area contributed by atoms with E-state index in [4.69, 9.17) is 11.1 Å². The highest BCUT2D eigenvalue weighted by Gasteiger charge is 2.14. The molecule has 20 heavy (non-hydrogen) atoms. The van der Waals surface area contributed by atoms with E-state index in [1.54, 1.807) is 12.1 Å². The van der Waals surface area contributed by atoms with Crippen molar-refractivity contribution >= 4 is 11.6 Å². The molecule has 0 saturated carbocycles. The van der Waals surface area contributed by atoms with Crippen molar-refractivity contribution in [2.24, 2.45) is 5.73 Å². The SMILES string of the molecule is Cc1nn(C(=N)N)c(C)c1Cc1ccc([N+](=O)[O-])cc1. The zero-order chi connectivity index (χ0) is 14.9. The highest BCUT2D eigenvalue weighted by molar-refractivity contribution is 5.77. The van der Waals surface area contributed by atoms with Gasteiger partial charge in [-0.25, -0.2) is 4.68 Å². The molecule has 0 fully saturated rings. The van der Waals surface area contributed by atoms with Gasteiger partial charge in [-0.3, -0.25) is 15.5 Å². The summed E-state index contributed by atoms with van der Waals surface area (Å²) in [6.45, 7) is 3.70. The van der Waals surface area contributed by atoms with E-state index in [2.05, 4.69) is 5.10 Å². The number of nitrogens with two attached hydrogens (primary N) is 1. The monoisotopic (exact) mass is 273 g/mol. The van der Waals surface area contributed by atoms with E-state index in [1.807, 2.05) is 13.8 Å². The second-order valence-electron chi connectivity index (χ2n) is 4.55. The van der Waals surface area contributed by atoms with Gasteiger partial charge in [-0.1, -0.05) is 12.1 Å². The average Bonchev–Trinajstić information content (AvgIpc) is 2.67. The molecule has 0 unspecified atom stereocenters. The van der Waals surface area contributed by atoms with Crippen molar-refractivity contribution < 1.29 is 4.92 Å². The molecule has 1 aromatic carbocycles. The van der Waals surface area contributed by atoms with Crippen LogP contribution in [0.5, 0.6) is 0 Å². The van der Waals surface area contributed by atoms with Gasteiger partial charge in [-0.15, -0.1) is 0 Å². The minimum absolute atomic E-state index is 0.0709. The highest BCUT2D eigenvalue weighted by Crippen LogP contribution is 2.19. The van der Waals surface area contributed by atoms with Gasteiger partial charge in [0.15, 0.2) is 0 Å². The number of nitro groups is 1. The number of nitro benzene ring substituents is 1. The van der Waals surface area contributed by atoms with Crippen LogP contribution in [0.2, 0.25) is 0 Å². The van der Waals surface area contributed by atoms with Crippen LogP contribution in [0.1, 0.15) is 22.5 Å². The van der Waals surface area contributed by atoms with Gasteiger partial charge in [0.1, 0.15) is 0 Å². The predicted molar refractivity (Wildman–Crippen MR) is 74.9 cm³/mol. The molecule has 0 aliphatic carbocycles. The maximum absolute atomic E-state index is 10.6. The van der Waals surface area contributed by atoms with Gasteiger partial charge >= 0.3 is 0 Å². The summed E-state index contributed by atoms with van der Waals surface area (Å²) in [6.07, 6.45) is 0.600.